The maximum absolute atomic E-state index is 6.07. The van der Waals surface area contributed by atoms with Crippen LogP contribution in [0, 0.1) is 5.41 Å². The van der Waals surface area contributed by atoms with Gasteiger partial charge in [-0.15, -0.1) is 11.3 Å². The molecule has 0 amide bonds. The van der Waals surface area contributed by atoms with Gasteiger partial charge in [-0.25, -0.2) is 0 Å². The third-order valence-corrected chi connectivity index (χ3v) is 4.62. The van der Waals surface area contributed by atoms with Crippen LogP contribution < -0.4 is 5.73 Å². The molecule has 0 radical (unpaired) electrons. The third kappa shape index (κ3) is 1.51. The fourth-order valence-electron chi connectivity index (χ4n) is 2.16. The molecule has 14 heavy (non-hydrogen) atoms. The summed E-state index contributed by atoms with van der Waals surface area (Å²) < 4.78 is 0. The molecule has 1 aromatic rings. The van der Waals surface area contributed by atoms with E-state index >= 15 is 0 Å². The maximum atomic E-state index is 6.07. The monoisotopic (exact) mass is 209 g/mol. The Balaban J connectivity index is 2.12. The Morgan fingerprint density at radius 3 is 2.57 bits per heavy atom. The van der Waals surface area contributed by atoms with E-state index in [2.05, 4.69) is 32.9 Å². The van der Waals surface area contributed by atoms with E-state index < -0.39 is 0 Å². The van der Waals surface area contributed by atoms with Crippen molar-refractivity contribution in [2.24, 2.45) is 11.1 Å². The van der Waals surface area contributed by atoms with Gasteiger partial charge in [0.05, 0.1) is 0 Å². The summed E-state index contributed by atoms with van der Waals surface area (Å²) in [5.41, 5.74) is 6.39. The molecule has 0 aromatic carbocycles. The van der Waals surface area contributed by atoms with Crippen LogP contribution in [0.25, 0.3) is 0 Å². The first-order valence-electron chi connectivity index (χ1n) is 5.41. The molecule has 1 heterocycles. The Labute approximate surface area is 90.3 Å². The Bertz CT molecular complexity index is 327. The number of thiophene rings is 1. The van der Waals surface area contributed by atoms with Gasteiger partial charge in [0.25, 0.3) is 0 Å². The van der Waals surface area contributed by atoms with Gasteiger partial charge >= 0.3 is 0 Å². The molecule has 2 N–H and O–H groups in total. The van der Waals surface area contributed by atoms with Crippen molar-refractivity contribution >= 4 is 11.3 Å². The van der Waals surface area contributed by atoms with Crippen molar-refractivity contribution in [2.45, 2.75) is 45.6 Å². The average Bonchev–Trinajstić information content (AvgIpc) is 2.52. The maximum Gasteiger partial charge on any atom is 0.0180 e. The smallest absolute Gasteiger partial charge is 0.0180 e. The largest absolute Gasteiger partial charge is 0.327 e. The molecule has 0 saturated heterocycles. The van der Waals surface area contributed by atoms with Gasteiger partial charge in [0.1, 0.15) is 0 Å². The third-order valence-electron chi connectivity index (χ3n) is 3.40. The van der Waals surface area contributed by atoms with Gasteiger partial charge in [0, 0.05) is 21.7 Å². The zero-order chi connectivity index (χ0) is 10.3. The van der Waals surface area contributed by atoms with Crippen LogP contribution in [0.2, 0.25) is 0 Å². The van der Waals surface area contributed by atoms with E-state index in [4.69, 9.17) is 5.73 Å². The van der Waals surface area contributed by atoms with Gasteiger partial charge in [-0.05, 0) is 24.0 Å². The van der Waals surface area contributed by atoms with Crippen molar-refractivity contribution in [3.63, 3.8) is 0 Å². The number of nitrogens with two attached hydrogens (primary N) is 1. The molecule has 78 valence electrons. The van der Waals surface area contributed by atoms with E-state index in [1.54, 1.807) is 0 Å². The second kappa shape index (κ2) is 3.35. The van der Waals surface area contributed by atoms with Crippen molar-refractivity contribution < 1.29 is 0 Å². The quantitative estimate of drug-likeness (QED) is 0.813. The summed E-state index contributed by atoms with van der Waals surface area (Å²) in [5.74, 6) is 0.609. The predicted octanol–water partition coefficient (Wildman–Crippen LogP) is 3.15. The SMILES string of the molecule is CCCc1ccc([C@@H]2[C@@H](N)C2(C)C)s1. The molecule has 1 saturated carbocycles. The van der Waals surface area contributed by atoms with E-state index in [0.29, 0.717) is 17.4 Å². The van der Waals surface area contributed by atoms with Crippen LogP contribution in [0.1, 0.15) is 42.9 Å². The van der Waals surface area contributed by atoms with Gasteiger partial charge in [0.2, 0.25) is 0 Å². The zero-order valence-corrected chi connectivity index (χ0v) is 10.0. The topological polar surface area (TPSA) is 26.0 Å². The molecule has 0 spiro atoms. The molecule has 0 bridgehead atoms. The Morgan fingerprint density at radius 2 is 2.07 bits per heavy atom. The molecule has 0 aliphatic heterocycles. The average molecular weight is 209 g/mol. The summed E-state index contributed by atoms with van der Waals surface area (Å²) >= 11 is 1.95. The Hall–Kier alpha value is -0.340. The minimum atomic E-state index is 0.328. The second-order valence-electron chi connectivity index (χ2n) is 4.88. The van der Waals surface area contributed by atoms with Gasteiger partial charge in [-0.3, -0.25) is 0 Å². The summed E-state index contributed by atoms with van der Waals surface area (Å²) in [6, 6.07) is 4.91. The van der Waals surface area contributed by atoms with E-state index in [-0.39, 0.29) is 0 Å². The van der Waals surface area contributed by atoms with Crippen molar-refractivity contribution in [1.29, 1.82) is 0 Å². The summed E-state index contributed by atoms with van der Waals surface area (Å²) in [6.45, 7) is 6.76. The number of aryl methyl sites for hydroxylation is 1. The van der Waals surface area contributed by atoms with Crippen molar-refractivity contribution in [2.75, 3.05) is 0 Å². The summed E-state index contributed by atoms with van der Waals surface area (Å²) in [5, 5.41) is 0. The Morgan fingerprint density at radius 1 is 1.43 bits per heavy atom. The predicted molar refractivity (Wildman–Crippen MR) is 62.8 cm³/mol. The van der Waals surface area contributed by atoms with E-state index in [1.807, 2.05) is 11.3 Å². The molecule has 0 unspecified atom stereocenters. The summed E-state index contributed by atoms with van der Waals surface area (Å²) in [4.78, 5) is 3.00. The molecule has 2 heteroatoms. The van der Waals surface area contributed by atoms with Gasteiger partial charge in [0.15, 0.2) is 0 Å². The normalized spacial score (nSPS) is 29.1. The van der Waals surface area contributed by atoms with E-state index in [0.717, 1.165) is 0 Å². The number of rotatable bonds is 3. The lowest BCUT2D eigenvalue weighted by Crippen LogP contribution is -2.06. The van der Waals surface area contributed by atoms with Crippen LogP contribution in [0.4, 0.5) is 0 Å². The van der Waals surface area contributed by atoms with Crippen LogP contribution >= 0.6 is 11.3 Å². The summed E-state index contributed by atoms with van der Waals surface area (Å²) in [6.07, 6.45) is 2.45. The fraction of sp³-hybridized carbons (Fsp3) is 0.667. The lowest BCUT2D eigenvalue weighted by atomic mass is 10.1. The molecule has 2 rings (SSSR count). The van der Waals surface area contributed by atoms with Crippen LogP contribution in [0.15, 0.2) is 12.1 Å². The van der Waals surface area contributed by atoms with Gasteiger partial charge in [-0.1, -0.05) is 27.2 Å². The first kappa shape index (κ1) is 10.2. The first-order valence-corrected chi connectivity index (χ1v) is 6.23. The Kier molecular flexibility index (Phi) is 2.44. The van der Waals surface area contributed by atoms with Crippen LogP contribution in [0.3, 0.4) is 0 Å². The number of hydrogen-bond acceptors (Lipinski definition) is 2. The molecule has 1 aliphatic carbocycles. The van der Waals surface area contributed by atoms with E-state index in [9.17, 15) is 0 Å². The summed E-state index contributed by atoms with van der Waals surface area (Å²) in [7, 11) is 0. The molecular formula is C12H19NS. The molecule has 2 atom stereocenters. The highest BCUT2D eigenvalue weighted by Crippen LogP contribution is 2.58. The molecule has 1 aliphatic rings. The van der Waals surface area contributed by atoms with Crippen LogP contribution in [-0.2, 0) is 6.42 Å². The number of hydrogen-bond donors (Lipinski definition) is 1. The minimum Gasteiger partial charge on any atom is -0.327 e. The fourth-order valence-corrected chi connectivity index (χ4v) is 3.62. The standard InChI is InChI=1S/C12H19NS/c1-4-5-8-6-7-9(14-8)10-11(13)12(10,2)3/h6-7,10-11H,4-5,13H2,1-3H3/t10-,11-/m1/s1. The first-order chi connectivity index (χ1) is 6.57. The lowest BCUT2D eigenvalue weighted by Gasteiger charge is -1.98. The van der Waals surface area contributed by atoms with Crippen molar-refractivity contribution in [3.05, 3.63) is 21.9 Å². The van der Waals surface area contributed by atoms with Gasteiger partial charge in [-0.2, -0.15) is 0 Å². The van der Waals surface area contributed by atoms with Crippen LogP contribution in [0.5, 0.6) is 0 Å². The molecule has 1 fully saturated rings. The zero-order valence-electron chi connectivity index (χ0n) is 9.21. The molecular weight excluding hydrogens is 190 g/mol. The van der Waals surface area contributed by atoms with Crippen LogP contribution in [-0.4, -0.2) is 6.04 Å². The highest BCUT2D eigenvalue weighted by molar-refractivity contribution is 7.12. The second-order valence-corrected chi connectivity index (χ2v) is 6.08. The molecule has 1 nitrogen and oxygen atoms in total. The minimum absolute atomic E-state index is 0.328. The highest BCUT2D eigenvalue weighted by atomic mass is 32.1. The highest BCUT2D eigenvalue weighted by Gasteiger charge is 2.56. The van der Waals surface area contributed by atoms with Gasteiger partial charge < -0.3 is 5.73 Å². The van der Waals surface area contributed by atoms with Crippen molar-refractivity contribution in [3.8, 4) is 0 Å². The van der Waals surface area contributed by atoms with Crippen molar-refractivity contribution in [1.82, 2.24) is 0 Å². The molecule has 1 aromatic heterocycles. The van der Waals surface area contributed by atoms with E-state index in [1.165, 1.54) is 22.6 Å². The lowest BCUT2D eigenvalue weighted by molar-refractivity contribution is 0.601.